The molecule has 4 rings (SSSR count). The molecule has 0 bridgehead atoms. The Bertz CT molecular complexity index is 928. The zero-order chi connectivity index (χ0) is 18.8. The molecule has 27 heavy (non-hydrogen) atoms. The maximum Gasteiger partial charge on any atom is 0.119 e. The monoisotopic (exact) mass is 360 g/mol. The molecule has 3 nitrogen and oxygen atoms in total. The molecule has 0 aliphatic carbocycles. The smallest absolute Gasteiger partial charge is 0.119 e. The number of rotatable bonds is 4. The third kappa shape index (κ3) is 3.65. The molecule has 0 spiro atoms. The van der Waals surface area contributed by atoms with E-state index in [-0.39, 0.29) is 6.04 Å². The zero-order valence-electron chi connectivity index (χ0n) is 16.5. The van der Waals surface area contributed by atoms with Crippen LogP contribution in [0.3, 0.4) is 0 Å². The van der Waals surface area contributed by atoms with E-state index in [0.717, 1.165) is 31.8 Å². The van der Waals surface area contributed by atoms with E-state index in [9.17, 15) is 0 Å². The minimum absolute atomic E-state index is 0.235. The first-order chi connectivity index (χ1) is 13.2. The van der Waals surface area contributed by atoms with Gasteiger partial charge in [0, 0.05) is 31.5 Å². The number of methoxy groups -OCH3 is 1. The van der Waals surface area contributed by atoms with Crippen LogP contribution in [0.5, 0.6) is 5.75 Å². The van der Waals surface area contributed by atoms with Gasteiger partial charge in [-0.1, -0.05) is 30.3 Å². The number of aromatic nitrogens is 1. The molecule has 2 heterocycles. The molecule has 2 aromatic carbocycles. The second-order valence-corrected chi connectivity index (χ2v) is 7.55. The van der Waals surface area contributed by atoms with Crippen LogP contribution in [-0.2, 0) is 13.1 Å². The third-order valence-corrected chi connectivity index (χ3v) is 5.72. The number of hydrogen-bond acceptors (Lipinski definition) is 2. The number of benzene rings is 2. The molecule has 0 radical (unpaired) electrons. The lowest BCUT2D eigenvalue weighted by Gasteiger charge is -2.31. The van der Waals surface area contributed by atoms with Gasteiger partial charge in [-0.3, -0.25) is 4.90 Å². The lowest BCUT2D eigenvalue weighted by atomic mass is 10.00. The number of ether oxygens (including phenoxy) is 1. The Morgan fingerprint density at radius 3 is 2.67 bits per heavy atom. The van der Waals surface area contributed by atoms with Crippen molar-refractivity contribution >= 4 is 0 Å². The van der Waals surface area contributed by atoms with Crippen molar-refractivity contribution in [1.82, 2.24) is 9.47 Å². The fourth-order valence-corrected chi connectivity index (χ4v) is 4.14. The third-order valence-electron chi connectivity index (χ3n) is 5.72. The highest BCUT2D eigenvalue weighted by Crippen LogP contribution is 2.34. The normalized spacial score (nSPS) is 17.4. The summed E-state index contributed by atoms with van der Waals surface area (Å²) in [5.41, 5.74) is 6.76. The second kappa shape index (κ2) is 7.61. The van der Waals surface area contributed by atoms with Crippen LogP contribution in [0.2, 0.25) is 0 Å². The van der Waals surface area contributed by atoms with Gasteiger partial charge < -0.3 is 9.30 Å². The highest BCUT2D eigenvalue weighted by Gasteiger charge is 2.27. The summed E-state index contributed by atoms with van der Waals surface area (Å²) in [5, 5.41) is 0. The lowest BCUT2D eigenvalue weighted by Crippen LogP contribution is -2.29. The van der Waals surface area contributed by atoms with Crippen molar-refractivity contribution in [2.24, 2.45) is 0 Å². The highest BCUT2D eigenvalue weighted by atomic mass is 16.5. The van der Waals surface area contributed by atoms with Crippen molar-refractivity contribution in [2.75, 3.05) is 13.7 Å². The molecule has 3 heteroatoms. The number of aryl methyl sites for hydroxylation is 3. The van der Waals surface area contributed by atoms with Gasteiger partial charge in [0.05, 0.1) is 13.2 Å². The van der Waals surface area contributed by atoms with Gasteiger partial charge >= 0.3 is 0 Å². The first kappa shape index (κ1) is 17.9. The molecule has 3 aromatic rings. The molecule has 140 valence electrons. The average Bonchev–Trinajstić information content (AvgIpc) is 3.06. The highest BCUT2D eigenvalue weighted by molar-refractivity contribution is 5.36. The van der Waals surface area contributed by atoms with E-state index in [1.807, 2.05) is 6.07 Å². The van der Waals surface area contributed by atoms with Crippen molar-refractivity contribution in [3.8, 4) is 5.75 Å². The Morgan fingerprint density at radius 2 is 1.85 bits per heavy atom. The largest absolute Gasteiger partial charge is 0.497 e. The topological polar surface area (TPSA) is 17.4 Å². The van der Waals surface area contributed by atoms with Crippen LogP contribution in [0.25, 0.3) is 0 Å². The Labute approximate surface area is 162 Å². The Hall–Kier alpha value is -2.52. The SMILES string of the molecule is COc1cccc(C2c3cccn3CCCN2Cc2ccc(C)c(C)c2)c1. The standard InChI is InChI=1S/C24H28N2O/c1-18-10-11-20(15-19(18)2)17-26-14-6-13-25-12-5-9-23(25)24(26)21-7-4-8-22(16-21)27-3/h4-5,7-12,15-16,24H,6,13-14,17H2,1-3H3. The number of hydrogen-bond donors (Lipinski definition) is 0. The fourth-order valence-electron chi connectivity index (χ4n) is 4.14. The van der Waals surface area contributed by atoms with Gasteiger partial charge in [0.15, 0.2) is 0 Å². The molecular weight excluding hydrogens is 332 g/mol. The van der Waals surface area contributed by atoms with Crippen molar-refractivity contribution in [2.45, 2.75) is 39.4 Å². The summed E-state index contributed by atoms with van der Waals surface area (Å²) in [6.45, 7) is 7.49. The summed E-state index contributed by atoms with van der Waals surface area (Å²) >= 11 is 0. The molecule has 0 saturated heterocycles. The predicted octanol–water partition coefficient (Wildman–Crippen LogP) is 5.11. The van der Waals surface area contributed by atoms with E-state index in [1.165, 1.54) is 27.9 Å². The first-order valence-electron chi connectivity index (χ1n) is 9.75. The maximum absolute atomic E-state index is 5.50. The summed E-state index contributed by atoms with van der Waals surface area (Å²) in [4.78, 5) is 2.61. The van der Waals surface area contributed by atoms with E-state index < -0.39 is 0 Å². The van der Waals surface area contributed by atoms with Crippen molar-refractivity contribution < 1.29 is 4.74 Å². The van der Waals surface area contributed by atoms with Crippen LogP contribution in [0.4, 0.5) is 0 Å². The Balaban J connectivity index is 1.74. The first-order valence-corrected chi connectivity index (χ1v) is 9.75. The van der Waals surface area contributed by atoms with Gasteiger partial charge in [-0.15, -0.1) is 0 Å². The quantitative estimate of drug-likeness (QED) is 0.643. The molecule has 1 unspecified atom stereocenters. The Kier molecular flexibility index (Phi) is 5.04. The van der Waals surface area contributed by atoms with Crippen molar-refractivity contribution in [3.05, 3.63) is 88.7 Å². The number of fused-ring (bicyclic) bond motifs is 1. The van der Waals surface area contributed by atoms with Gasteiger partial charge in [-0.25, -0.2) is 0 Å². The van der Waals surface area contributed by atoms with Gasteiger partial charge in [-0.2, -0.15) is 0 Å². The number of nitrogens with zero attached hydrogens (tertiary/aromatic N) is 2. The van der Waals surface area contributed by atoms with E-state index in [4.69, 9.17) is 4.74 Å². The maximum atomic E-state index is 5.50. The summed E-state index contributed by atoms with van der Waals surface area (Å²) in [7, 11) is 1.74. The van der Waals surface area contributed by atoms with Gasteiger partial charge in [-0.05, 0) is 66.8 Å². The molecule has 0 fully saturated rings. The molecule has 1 aromatic heterocycles. The van der Waals surface area contributed by atoms with Crippen LogP contribution < -0.4 is 4.74 Å². The van der Waals surface area contributed by atoms with Crippen LogP contribution in [-0.4, -0.2) is 23.1 Å². The van der Waals surface area contributed by atoms with E-state index in [2.05, 4.69) is 78.0 Å². The molecule has 0 amide bonds. The van der Waals surface area contributed by atoms with Gasteiger partial charge in [0.1, 0.15) is 5.75 Å². The van der Waals surface area contributed by atoms with Crippen LogP contribution in [0.15, 0.2) is 60.8 Å². The minimum atomic E-state index is 0.235. The van der Waals surface area contributed by atoms with Crippen molar-refractivity contribution in [1.29, 1.82) is 0 Å². The molecule has 0 saturated carbocycles. The molecule has 1 atom stereocenters. The molecule has 0 N–H and O–H groups in total. The van der Waals surface area contributed by atoms with E-state index >= 15 is 0 Å². The van der Waals surface area contributed by atoms with Crippen LogP contribution in [0.1, 0.15) is 40.4 Å². The Morgan fingerprint density at radius 1 is 0.963 bits per heavy atom. The van der Waals surface area contributed by atoms with Crippen molar-refractivity contribution in [3.63, 3.8) is 0 Å². The van der Waals surface area contributed by atoms with E-state index in [1.54, 1.807) is 7.11 Å². The van der Waals surface area contributed by atoms with Gasteiger partial charge in [0.25, 0.3) is 0 Å². The van der Waals surface area contributed by atoms with Crippen LogP contribution in [0, 0.1) is 13.8 Å². The minimum Gasteiger partial charge on any atom is -0.497 e. The second-order valence-electron chi connectivity index (χ2n) is 7.55. The molecule has 1 aliphatic heterocycles. The summed E-state index contributed by atoms with van der Waals surface area (Å²) in [5.74, 6) is 0.918. The predicted molar refractivity (Wildman–Crippen MR) is 110 cm³/mol. The van der Waals surface area contributed by atoms with Crippen LogP contribution >= 0.6 is 0 Å². The summed E-state index contributed by atoms with van der Waals surface area (Å²) in [6.07, 6.45) is 3.37. The average molecular weight is 361 g/mol. The zero-order valence-corrected chi connectivity index (χ0v) is 16.5. The summed E-state index contributed by atoms with van der Waals surface area (Å²) < 4.78 is 7.91. The molecule has 1 aliphatic rings. The lowest BCUT2D eigenvalue weighted by molar-refractivity contribution is 0.220. The molecular formula is C24H28N2O. The fraction of sp³-hybridized carbons (Fsp3) is 0.333. The van der Waals surface area contributed by atoms with Gasteiger partial charge in [0.2, 0.25) is 0 Å². The van der Waals surface area contributed by atoms with E-state index in [0.29, 0.717) is 0 Å². The summed E-state index contributed by atoms with van der Waals surface area (Å²) in [6, 6.07) is 20.0.